The Morgan fingerprint density at radius 1 is 1.29 bits per heavy atom. The van der Waals surface area contributed by atoms with Crippen molar-refractivity contribution in [1.29, 1.82) is 0 Å². The van der Waals surface area contributed by atoms with Gasteiger partial charge in [0.25, 0.3) is 10.0 Å². The number of sulfonamides is 1. The molecule has 0 aromatic heterocycles. The minimum atomic E-state index is -3.83. The van der Waals surface area contributed by atoms with E-state index in [-0.39, 0.29) is 17.4 Å². The Kier molecular flexibility index (Phi) is 4.51. The Morgan fingerprint density at radius 2 is 1.88 bits per heavy atom. The molecule has 1 N–H and O–H groups in total. The molecular weight excluding hydrogens is 242 g/mol. The van der Waals surface area contributed by atoms with Gasteiger partial charge in [0.05, 0.1) is 11.5 Å². The van der Waals surface area contributed by atoms with Crippen LogP contribution in [0.25, 0.3) is 0 Å². The number of benzene rings is 1. The van der Waals surface area contributed by atoms with E-state index in [9.17, 15) is 13.2 Å². The number of nitrogens with one attached hydrogen (secondary N) is 1. The van der Waals surface area contributed by atoms with Crippen molar-refractivity contribution in [3.8, 4) is 0 Å². The van der Waals surface area contributed by atoms with Crippen LogP contribution in [0.1, 0.15) is 13.8 Å². The Morgan fingerprint density at radius 3 is 2.41 bits per heavy atom. The summed E-state index contributed by atoms with van der Waals surface area (Å²) in [5, 5.41) is 0. The standard InChI is InChI=1S/C11H15NO4S/c1-9(2)8-16-11(13)12-17(14,15)10-6-4-3-5-7-10/h3-7,9H,8H2,1-2H3,(H,12,13). The van der Waals surface area contributed by atoms with Crippen molar-refractivity contribution < 1.29 is 17.9 Å². The summed E-state index contributed by atoms with van der Waals surface area (Å²) in [5.41, 5.74) is 0. The predicted octanol–water partition coefficient (Wildman–Crippen LogP) is 1.76. The zero-order valence-corrected chi connectivity index (χ0v) is 10.5. The second-order valence-corrected chi connectivity index (χ2v) is 5.59. The lowest BCUT2D eigenvalue weighted by Gasteiger charge is -2.09. The summed E-state index contributed by atoms with van der Waals surface area (Å²) in [6.07, 6.45) is -0.956. The van der Waals surface area contributed by atoms with E-state index in [1.165, 1.54) is 12.1 Å². The lowest BCUT2D eigenvalue weighted by atomic mass is 10.2. The molecule has 1 aromatic rings. The fourth-order valence-electron chi connectivity index (χ4n) is 1.04. The highest BCUT2D eigenvalue weighted by Gasteiger charge is 2.17. The van der Waals surface area contributed by atoms with E-state index in [0.717, 1.165) is 0 Å². The molecule has 0 saturated heterocycles. The van der Waals surface area contributed by atoms with Crippen LogP contribution in [0.4, 0.5) is 4.79 Å². The van der Waals surface area contributed by atoms with Crippen LogP contribution in [0.15, 0.2) is 35.2 Å². The van der Waals surface area contributed by atoms with Crippen molar-refractivity contribution in [3.63, 3.8) is 0 Å². The SMILES string of the molecule is CC(C)COC(=O)NS(=O)(=O)c1ccccc1. The number of carbonyl (C=O) groups is 1. The van der Waals surface area contributed by atoms with Crippen molar-refractivity contribution in [1.82, 2.24) is 4.72 Å². The minimum Gasteiger partial charge on any atom is -0.449 e. The van der Waals surface area contributed by atoms with Crippen molar-refractivity contribution in [3.05, 3.63) is 30.3 Å². The Hall–Kier alpha value is -1.56. The van der Waals surface area contributed by atoms with E-state index >= 15 is 0 Å². The van der Waals surface area contributed by atoms with Gasteiger partial charge in [0.1, 0.15) is 0 Å². The van der Waals surface area contributed by atoms with E-state index in [4.69, 9.17) is 4.74 Å². The summed E-state index contributed by atoms with van der Waals surface area (Å²) in [7, 11) is -3.83. The predicted molar refractivity (Wildman–Crippen MR) is 62.9 cm³/mol. The molecule has 94 valence electrons. The molecule has 17 heavy (non-hydrogen) atoms. The first-order valence-corrected chi connectivity index (χ1v) is 6.65. The highest BCUT2D eigenvalue weighted by atomic mass is 32.2. The maximum Gasteiger partial charge on any atom is 0.421 e. The number of hydrogen-bond donors (Lipinski definition) is 1. The topological polar surface area (TPSA) is 72.5 Å². The van der Waals surface area contributed by atoms with Gasteiger partial charge in [-0.05, 0) is 18.1 Å². The third-order valence-corrected chi connectivity index (χ3v) is 3.15. The molecule has 0 atom stereocenters. The molecule has 0 radical (unpaired) electrons. The lowest BCUT2D eigenvalue weighted by molar-refractivity contribution is 0.139. The number of ether oxygens (including phenoxy) is 1. The van der Waals surface area contributed by atoms with Crippen LogP contribution in [-0.4, -0.2) is 21.1 Å². The van der Waals surface area contributed by atoms with Crippen molar-refractivity contribution in [2.45, 2.75) is 18.7 Å². The maximum atomic E-state index is 11.7. The number of rotatable bonds is 4. The van der Waals surface area contributed by atoms with Gasteiger partial charge >= 0.3 is 6.09 Å². The van der Waals surface area contributed by atoms with Gasteiger partial charge in [-0.25, -0.2) is 17.9 Å². The normalized spacial score (nSPS) is 11.2. The second-order valence-electron chi connectivity index (χ2n) is 3.91. The average molecular weight is 257 g/mol. The van der Waals surface area contributed by atoms with Crippen LogP contribution in [0, 0.1) is 5.92 Å². The average Bonchev–Trinajstić information content (AvgIpc) is 2.27. The quantitative estimate of drug-likeness (QED) is 0.892. The van der Waals surface area contributed by atoms with E-state index in [1.807, 2.05) is 18.6 Å². The maximum absolute atomic E-state index is 11.7. The largest absolute Gasteiger partial charge is 0.449 e. The van der Waals surface area contributed by atoms with E-state index < -0.39 is 16.1 Å². The van der Waals surface area contributed by atoms with Crippen LogP contribution < -0.4 is 4.72 Å². The van der Waals surface area contributed by atoms with Crippen molar-refractivity contribution in [2.75, 3.05) is 6.61 Å². The highest BCUT2D eigenvalue weighted by molar-refractivity contribution is 7.90. The monoisotopic (exact) mass is 257 g/mol. The van der Waals surface area contributed by atoms with E-state index in [1.54, 1.807) is 18.2 Å². The summed E-state index contributed by atoms with van der Waals surface area (Å²) in [6, 6.07) is 7.65. The Balaban J connectivity index is 2.65. The molecule has 6 heteroatoms. The molecule has 0 heterocycles. The van der Waals surface area contributed by atoms with Crippen LogP contribution >= 0.6 is 0 Å². The van der Waals surface area contributed by atoms with Crippen LogP contribution in [0.5, 0.6) is 0 Å². The fourth-order valence-corrected chi connectivity index (χ4v) is 1.95. The minimum absolute atomic E-state index is 0.0292. The highest BCUT2D eigenvalue weighted by Crippen LogP contribution is 2.07. The molecule has 0 unspecified atom stereocenters. The van der Waals surface area contributed by atoms with Gasteiger partial charge in [0.15, 0.2) is 0 Å². The molecule has 0 aliphatic carbocycles. The summed E-state index contributed by atoms with van der Waals surface area (Å²) in [4.78, 5) is 11.3. The van der Waals surface area contributed by atoms with Gasteiger partial charge in [-0.2, -0.15) is 0 Å². The first kappa shape index (κ1) is 13.5. The fraction of sp³-hybridized carbons (Fsp3) is 0.364. The van der Waals surface area contributed by atoms with E-state index in [2.05, 4.69) is 0 Å². The number of carbonyl (C=O) groups excluding carboxylic acids is 1. The second kappa shape index (κ2) is 5.67. The van der Waals surface area contributed by atoms with Gasteiger partial charge in [0, 0.05) is 0 Å². The van der Waals surface area contributed by atoms with Crippen LogP contribution in [0.2, 0.25) is 0 Å². The molecule has 1 aromatic carbocycles. The lowest BCUT2D eigenvalue weighted by Crippen LogP contribution is -2.31. The molecule has 0 fully saturated rings. The first-order valence-electron chi connectivity index (χ1n) is 5.16. The van der Waals surface area contributed by atoms with Gasteiger partial charge < -0.3 is 4.74 Å². The van der Waals surface area contributed by atoms with Crippen LogP contribution in [0.3, 0.4) is 0 Å². The summed E-state index contributed by atoms with van der Waals surface area (Å²) < 4.78 is 29.9. The number of hydrogen-bond acceptors (Lipinski definition) is 4. The van der Waals surface area contributed by atoms with Crippen LogP contribution in [-0.2, 0) is 14.8 Å². The molecule has 0 aliphatic heterocycles. The summed E-state index contributed by atoms with van der Waals surface area (Å²) in [6.45, 7) is 3.90. The van der Waals surface area contributed by atoms with Crippen molar-refractivity contribution in [2.24, 2.45) is 5.92 Å². The third-order valence-electron chi connectivity index (χ3n) is 1.82. The van der Waals surface area contributed by atoms with Gasteiger partial charge in [-0.3, -0.25) is 0 Å². The molecule has 0 bridgehead atoms. The molecule has 0 saturated carbocycles. The molecule has 0 aliphatic rings. The smallest absolute Gasteiger partial charge is 0.421 e. The number of amides is 1. The molecule has 0 spiro atoms. The third kappa shape index (κ3) is 4.44. The molecule has 1 rings (SSSR count). The Bertz CT molecular complexity index is 468. The molecular formula is C11H15NO4S. The van der Waals surface area contributed by atoms with Crippen molar-refractivity contribution >= 4 is 16.1 Å². The summed E-state index contributed by atoms with van der Waals surface area (Å²) >= 11 is 0. The zero-order chi connectivity index (χ0) is 12.9. The zero-order valence-electron chi connectivity index (χ0n) is 9.71. The first-order chi connectivity index (χ1) is 7.92. The van der Waals surface area contributed by atoms with Gasteiger partial charge in [-0.1, -0.05) is 32.0 Å². The summed E-state index contributed by atoms with van der Waals surface area (Å²) in [5.74, 6) is 0.153. The molecule has 5 nitrogen and oxygen atoms in total. The van der Waals surface area contributed by atoms with Gasteiger partial charge in [0.2, 0.25) is 0 Å². The van der Waals surface area contributed by atoms with Gasteiger partial charge in [-0.15, -0.1) is 0 Å². The Labute approximate surface area is 101 Å². The molecule has 1 amide bonds. The van der Waals surface area contributed by atoms with E-state index in [0.29, 0.717) is 0 Å².